The molecule has 3 heterocycles. The summed E-state index contributed by atoms with van der Waals surface area (Å²) in [6.07, 6.45) is 6.78. The molecule has 5 rings (SSSR count). The van der Waals surface area contributed by atoms with E-state index in [0.29, 0.717) is 30.0 Å². The van der Waals surface area contributed by atoms with Crippen molar-refractivity contribution in [3.05, 3.63) is 47.2 Å². The molecule has 28 heavy (non-hydrogen) atoms. The highest BCUT2D eigenvalue weighted by Gasteiger charge is 2.30. The Bertz CT molecular complexity index is 991. The van der Waals surface area contributed by atoms with Crippen molar-refractivity contribution in [3.63, 3.8) is 0 Å². The molecule has 2 aliphatic rings. The predicted octanol–water partition coefficient (Wildman–Crippen LogP) is 4.78. The molecule has 1 aromatic carbocycles. The summed E-state index contributed by atoms with van der Waals surface area (Å²) in [5.41, 5.74) is 2.07. The average Bonchev–Trinajstić information content (AvgIpc) is 3.51. The molecule has 1 fully saturated rings. The summed E-state index contributed by atoms with van der Waals surface area (Å²) < 4.78 is 13.8. The fraction of sp³-hybridized carbons (Fsp3) is 0.350. The van der Waals surface area contributed by atoms with E-state index in [0.717, 1.165) is 52.9 Å². The van der Waals surface area contributed by atoms with Crippen molar-refractivity contribution in [2.24, 2.45) is 0 Å². The Morgan fingerprint density at radius 1 is 1.18 bits per heavy atom. The maximum atomic E-state index is 6.42. The zero-order valence-corrected chi connectivity index (χ0v) is 16.7. The van der Waals surface area contributed by atoms with Crippen molar-refractivity contribution in [1.82, 2.24) is 19.7 Å². The van der Waals surface area contributed by atoms with E-state index >= 15 is 0 Å². The van der Waals surface area contributed by atoms with Crippen LogP contribution in [0.4, 0.5) is 0 Å². The van der Waals surface area contributed by atoms with Crippen LogP contribution in [0.1, 0.15) is 30.9 Å². The minimum Gasteiger partial charge on any atom is -0.489 e. The van der Waals surface area contributed by atoms with Crippen molar-refractivity contribution in [2.75, 3.05) is 13.2 Å². The lowest BCUT2D eigenvalue weighted by molar-refractivity contribution is 0.297. The molecule has 144 valence electrons. The second-order valence-corrected chi connectivity index (χ2v) is 8.24. The molecule has 0 radical (unpaired) electrons. The molecule has 0 N–H and O–H groups in total. The number of pyridine rings is 1. The first-order valence-corrected chi connectivity index (χ1v) is 10.7. The lowest BCUT2D eigenvalue weighted by Gasteiger charge is -2.12. The maximum absolute atomic E-state index is 6.42. The number of ether oxygens (including phenoxy) is 2. The summed E-state index contributed by atoms with van der Waals surface area (Å²) in [5, 5.41) is 10.4. The number of hydrogen-bond donors (Lipinski definition) is 0. The second kappa shape index (κ2) is 7.64. The third kappa shape index (κ3) is 3.56. The fourth-order valence-corrected chi connectivity index (χ4v) is 4.47. The van der Waals surface area contributed by atoms with Gasteiger partial charge in [0.05, 0.1) is 18.2 Å². The van der Waals surface area contributed by atoms with E-state index in [4.69, 9.17) is 21.1 Å². The molecule has 0 bridgehead atoms. The van der Waals surface area contributed by atoms with Crippen molar-refractivity contribution in [2.45, 2.75) is 36.2 Å². The number of aromatic nitrogens is 4. The van der Waals surface area contributed by atoms with Crippen LogP contribution >= 0.6 is 23.4 Å². The Labute approximate surface area is 172 Å². The van der Waals surface area contributed by atoms with Crippen LogP contribution in [-0.4, -0.2) is 33.0 Å². The summed E-state index contributed by atoms with van der Waals surface area (Å²) in [6.45, 7) is 1.27. The van der Waals surface area contributed by atoms with E-state index in [1.54, 1.807) is 18.0 Å². The van der Waals surface area contributed by atoms with Gasteiger partial charge in [-0.05, 0) is 42.7 Å². The highest BCUT2D eigenvalue weighted by molar-refractivity contribution is 7.98. The van der Waals surface area contributed by atoms with Gasteiger partial charge in [0.2, 0.25) is 0 Å². The molecule has 1 aliphatic carbocycles. The zero-order valence-electron chi connectivity index (χ0n) is 15.2. The van der Waals surface area contributed by atoms with Gasteiger partial charge in [-0.2, -0.15) is 0 Å². The van der Waals surface area contributed by atoms with Gasteiger partial charge in [-0.1, -0.05) is 23.4 Å². The van der Waals surface area contributed by atoms with Crippen LogP contribution in [0.3, 0.4) is 0 Å². The molecule has 0 unspecified atom stereocenters. The molecular weight excluding hydrogens is 396 g/mol. The number of thioether (sulfide) groups is 1. The average molecular weight is 415 g/mol. The van der Waals surface area contributed by atoms with E-state index in [9.17, 15) is 0 Å². The number of hydrogen-bond acceptors (Lipinski definition) is 6. The van der Waals surface area contributed by atoms with Crippen LogP contribution in [0.5, 0.6) is 11.5 Å². The Balaban J connectivity index is 1.40. The normalized spacial score (nSPS) is 16.0. The number of rotatable bonds is 5. The van der Waals surface area contributed by atoms with Crippen LogP contribution in [0.25, 0.3) is 11.4 Å². The van der Waals surface area contributed by atoms with Crippen LogP contribution < -0.4 is 9.47 Å². The second-order valence-electron chi connectivity index (χ2n) is 6.89. The van der Waals surface area contributed by atoms with Gasteiger partial charge in [-0.25, -0.2) is 0 Å². The maximum Gasteiger partial charge on any atom is 0.192 e. The van der Waals surface area contributed by atoms with E-state index in [2.05, 4.69) is 19.7 Å². The smallest absolute Gasteiger partial charge is 0.192 e. The third-order valence-electron chi connectivity index (χ3n) is 4.73. The van der Waals surface area contributed by atoms with Gasteiger partial charge in [0.25, 0.3) is 0 Å². The molecule has 6 nitrogen and oxygen atoms in total. The fourth-order valence-electron chi connectivity index (χ4n) is 3.24. The molecule has 0 spiro atoms. The Hall–Kier alpha value is -2.25. The van der Waals surface area contributed by atoms with Gasteiger partial charge >= 0.3 is 0 Å². The molecule has 8 heteroatoms. The first kappa shape index (κ1) is 17.8. The lowest BCUT2D eigenvalue weighted by atomic mass is 10.2. The van der Waals surface area contributed by atoms with E-state index < -0.39 is 0 Å². The number of benzene rings is 1. The molecule has 0 atom stereocenters. The first-order chi connectivity index (χ1) is 13.8. The Morgan fingerprint density at radius 2 is 2.07 bits per heavy atom. The number of nitrogens with zero attached hydrogens (tertiary/aromatic N) is 4. The van der Waals surface area contributed by atoms with Gasteiger partial charge in [-0.3, -0.25) is 9.55 Å². The molecule has 0 saturated heterocycles. The van der Waals surface area contributed by atoms with Gasteiger partial charge < -0.3 is 9.47 Å². The van der Waals surface area contributed by atoms with Gasteiger partial charge in [0, 0.05) is 36.2 Å². The van der Waals surface area contributed by atoms with Crippen molar-refractivity contribution < 1.29 is 9.47 Å². The molecule has 2 aromatic heterocycles. The molecule has 3 aromatic rings. The Morgan fingerprint density at radius 3 is 2.89 bits per heavy atom. The van der Waals surface area contributed by atoms with Gasteiger partial charge in [0.15, 0.2) is 22.5 Å². The summed E-state index contributed by atoms with van der Waals surface area (Å²) in [5.74, 6) is 2.98. The highest BCUT2D eigenvalue weighted by Crippen LogP contribution is 2.42. The summed E-state index contributed by atoms with van der Waals surface area (Å²) in [7, 11) is 0. The molecular formula is C20H19ClN4O2S. The quantitative estimate of drug-likeness (QED) is 0.560. The minimum atomic E-state index is 0.472. The highest BCUT2D eigenvalue weighted by atomic mass is 35.5. The minimum absolute atomic E-state index is 0.472. The standard InChI is InChI=1S/C20H19ClN4O2S/c21-16-9-13(10-17-18(16)27-8-2-7-26-17)12-28-20-24-23-19(25(20)15-4-5-15)14-3-1-6-22-11-14/h1,3,6,9-11,15H,2,4-5,7-8,12H2. The summed E-state index contributed by atoms with van der Waals surface area (Å²) >= 11 is 8.09. The molecule has 1 aliphatic heterocycles. The zero-order chi connectivity index (χ0) is 18.9. The lowest BCUT2D eigenvalue weighted by Crippen LogP contribution is -2.00. The topological polar surface area (TPSA) is 62.1 Å². The molecule has 1 saturated carbocycles. The van der Waals surface area contributed by atoms with E-state index in [1.165, 1.54) is 0 Å². The Kier molecular flexibility index (Phi) is 4.86. The number of halogens is 1. The van der Waals surface area contributed by atoms with Crippen LogP contribution in [0.15, 0.2) is 41.8 Å². The van der Waals surface area contributed by atoms with Gasteiger partial charge in [0.1, 0.15) is 0 Å². The molecule has 0 amide bonds. The van der Waals surface area contributed by atoms with Crippen molar-refractivity contribution in [3.8, 4) is 22.9 Å². The van der Waals surface area contributed by atoms with E-state index in [1.807, 2.05) is 30.5 Å². The first-order valence-electron chi connectivity index (χ1n) is 9.36. The largest absolute Gasteiger partial charge is 0.489 e. The van der Waals surface area contributed by atoms with E-state index in [-0.39, 0.29) is 0 Å². The van der Waals surface area contributed by atoms with Crippen molar-refractivity contribution >= 4 is 23.4 Å². The van der Waals surface area contributed by atoms with Gasteiger partial charge in [-0.15, -0.1) is 10.2 Å². The van der Waals surface area contributed by atoms with Crippen molar-refractivity contribution in [1.29, 1.82) is 0 Å². The summed E-state index contributed by atoms with van der Waals surface area (Å²) in [6, 6.07) is 8.38. The van der Waals surface area contributed by atoms with Crippen LogP contribution in [0, 0.1) is 0 Å². The van der Waals surface area contributed by atoms with Crippen LogP contribution in [0.2, 0.25) is 5.02 Å². The predicted molar refractivity (Wildman–Crippen MR) is 108 cm³/mol. The third-order valence-corrected chi connectivity index (χ3v) is 6.02. The number of fused-ring (bicyclic) bond motifs is 1. The van der Waals surface area contributed by atoms with Crippen LogP contribution in [-0.2, 0) is 5.75 Å². The SMILES string of the molecule is Clc1cc(CSc2nnc(-c3cccnc3)n2C2CC2)cc2c1OCCCO2. The summed E-state index contributed by atoms with van der Waals surface area (Å²) in [4.78, 5) is 4.21. The monoisotopic (exact) mass is 414 g/mol.